The van der Waals surface area contributed by atoms with Gasteiger partial charge in [0.1, 0.15) is 18.0 Å². The molecule has 1 atom stereocenters. The molecule has 1 aromatic carbocycles. The van der Waals surface area contributed by atoms with Crippen LogP contribution in [-0.2, 0) is 31.0 Å². The fraction of sp³-hybridized carbons (Fsp3) is 0.625. The van der Waals surface area contributed by atoms with Crippen molar-refractivity contribution in [2.24, 2.45) is 5.92 Å². The number of fused-ring (bicyclic) bond motifs is 1. The molecule has 0 bridgehead atoms. The molecule has 2 aliphatic heterocycles. The monoisotopic (exact) mass is 440 g/mol. The highest BCUT2D eigenvalue weighted by atomic mass is 16.5. The van der Waals surface area contributed by atoms with Gasteiger partial charge in [0.05, 0.1) is 13.7 Å². The number of ether oxygens (including phenoxy) is 2. The number of hydrogen-bond acceptors (Lipinski definition) is 6. The normalized spacial score (nSPS) is 24.0. The lowest BCUT2D eigenvalue weighted by molar-refractivity contribution is -0.0860. The first kappa shape index (κ1) is 21.4. The summed E-state index contributed by atoms with van der Waals surface area (Å²) >= 11 is 0. The van der Waals surface area contributed by atoms with Crippen LogP contribution in [0.2, 0.25) is 0 Å². The van der Waals surface area contributed by atoms with Gasteiger partial charge < -0.3 is 9.47 Å². The van der Waals surface area contributed by atoms with Crippen LogP contribution >= 0.6 is 0 Å². The van der Waals surface area contributed by atoms with Gasteiger partial charge in [-0.3, -0.25) is 19.1 Å². The molecule has 3 heterocycles. The van der Waals surface area contributed by atoms with Gasteiger partial charge in [0, 0.05) is 26.2 Å². The van der Waals surface area contributed by atoms with Crippen LogP contribution in [0, 0.1) is 5.92 Å². The molecule has 3 aliphatic rings. The van der Waals surface area contributed by atoms with Crippen LogP contribution in [0.25, 0.3) is 0 Å². The van der Waals surface area contributed by atoms with Gasteiger partial charge in [-0.05, 0) is 42.9 Å². The number of aromatic nitrogens is 3. The van der Waals surface area contributed by atoms with Crippen LogP contribution in [0.4, 0.5) is 0 Å². The van der Waals surface area contributed by atoms with Gasteiger partial charge in [-0.25, -0.2) is 4.68 Å². The van der Waals surface area contributed by atoms with E-state index < -0.39 is 16.7 Å². The fourth-order valence-corrected chi connectivity index (χ4v) is 5.44. The topological polar surface area (TPSA) is 78.6 Å². The van der Waals surface area contributed by atoms with Crippen molar-refractivity contribution >= 4 is 0 Å². The first-order valence-corrected chi connectivity index (χ1v) is 11.8. The Kier molecular flexibility index (Phi) is 5.90. The van der Waals surface area contributed by atoms with E-state index >= 15 is 0 Å². The number of rotatable bonds is 5. The molecule has 2 fully saturated rings. The Bertz CT molecular complexity index is 1070. The standard InChI is InChI=1S/C24H32N4O4/c1-31-20-9-7-19(8-10-20)13-26-12-11-24(16-26)17-27-21(15-32-24)25-28(23(30)22(27)29)14-18-5-3-2-4-6-18/h7-10,18H,2-6,11-17H2,1H3/t24-/m1/s1. The number of methoxy groups -OCH3 is 1. The summed E-state index contributed by atoms with van der Waals surface area (Å²) in [5, 5.41) is 4.54. The highest BCUT2D eigenvalue weighted by Crippen LogP contribution is 2.32. The van der Waals surface area contributed by atoms with Crippen molar-refractivity contribution in [1.29, 1.82) is 0 Å². The molecule has 0 radical (unpaired) electrons. The van der Waals surface area contributed by atoms with E-state index in [0.29, 0.717) is 24.8 Å². The minimum atomic E-state index is -0.496. The van der Waals surface area contributed by atoms with Crippen LogP contribution in [0.5, 0.6) is 5.75 Å². The van der Waals surface area contributed by atoms with Crippen molar-refractivity contribution in [3.05, 3.63) is 56.4 Å². The quantitative estimate of drug-likeness (QED) is 0.663. The third-order valence-corrected chi connectivity index (χ3v) is 7.28. The number of likely N-dealkylation sites (tertiary alicyclic amines) is 1. The average Bonchev–Trinajstić information content (AvgIpc) is 3.21. The van der Waals surface area contributed by atoms with Crippen molar-refractivity contribution in [3.8, 4) is 5.75 Å². The Balaban J connectivity index is 1.29. The SMILES string of the molecule is COc1ccc(CN2CC[C@@]3(C2)Cn2c(nn(CC4CCCCC4)c(=O)c2=O)CO3)cc1. The summed E-state index contributed by atoms with van der Waals surface area (Å²) in [4.78, 5) is 28.1. The minimum absolute atomic E-state index is 0.274. The van der Waals surface area contributed by atoms with Crippen LogP contribution in [-0.4, -0.2) is 45.0 Å². The predicted molar refractivity (Wildman–Crippen MR) is 120 cm³/mol. The zero-order valence-electron chi connectivity index (χ0n) is 18.8. The molecule has 0 amide bonds. The minimum Gasteiger partial charge on any atom is -0.497 e. The molecule has 8 heteroatoms. The first-order chi connectivity index (χ1) is 15.5. The average molecular weight is 441 g/mol. The zero-order valence-corrected chi connectivity index (χ0v) is 18.8. The van der Waals surface area contributed by atoms with Gasteiger partial charge in [0.2, 0.25) is 0 Å². The van der Waals surface area contributed by atoms with Crippen molar-refractivity contribution in [2.75, 3.05) is 20.2 Å². The Hall–Kier alpha value is -2.45. The highest BCUT2D eigenvalue weighted by Gasteiger charge is 2.43. The number of nitrogens with zero attached hydrogens (tertiary/aromatic N) is 4. The smallest absolute Gasteiger partial charge is 0.332 e. The maximum atomic E-state index is 13.0. The second-order valence-electron chi connectivity index (χ2n) is 9.58. The molecule has 8 nitrogen and oxygen atoms in total. The molecule has 172 valence electrons. The van der Waals surface area contributed by atoms with Crippen molar-refractivity contribution < 1.29 is 9.47 Å². The van der Waals surface area contributed by atoms with E-state index in [4.69, 9.17) is 9.47 Å². The number of hydrogen-bond donors (Lipinski definition) is 0. The van der Waals surface area contributed by atoms with E-state index in [0.717, 1.165) is 44.6 Å². The van der Waals surface area contributed by atoms with Crippen LogP contribution in [0.15, 0.2) is 33.9 Å². The molecule has 1 aromatic heterocycles. The summed E-state index contributed by atoms with van der Waals surface area (Å²) in [6, 6.07) is 8.09. The van der Waals surface area contributed by atoms with Gasteiger partial charge in [0.15, 0.2) is 5.82 Å². The van der Waals surface area contributed by atoms with E-state index in [2.05, 4.69) is 22.1 Å². The molecular weight excluding hydrogens is 408 g/mol. The second kappa shape index (κ2) is 8.83. The summed E-state index contributed by atoms with van der Waals surface area (Å²) in [6.07, 6.45) is 6.70. The molecule has 0 unspecified atom stereocenters. The van der Waals surface area contributed by atoms with Gasteiger partial charge in [-0.15, -0.1) is 0 Å². The molecule has 32 heavy (non-hydrogen) atoms. The summed E-state index contributed by atoms with van der Waals surface area (Å²) in [5.41, 5.74) is -0.178. The lowest BCUT2D eigenvalue weighted by atomic mass is 9.89. The molecule has 1 saturated carbocycles. The maximum absolute atomic E-state index is 13.0. The van der Waals surface area contributed by atoms with E-state index in [-0.39, 0.29) is 6.61 Å². The maximum Gasteiger partial charge on any atom is 0.332 e. The Morgan fingerprint density at radius 2 is 1.88 bits per heavy atom. The third kappa shape index (κ3) is 4.26. The molecule has 1 spiro atoms. The van der Waals surface area contributed by atoms with Gasteiger partial charge in [-0.2, -0.15) is 5.10 Å². The molecular formula is C24H32N4O4. The predicted octanol–water partition coefficient (Wildman–Crippen LogP) is 2.17. The first-order valence-electron chi connectivity index (χ1n) is 11.8. The summed E-state index contributed by atoms with van der Waals surface area (Å²) in [6.45, 7) is 3.66. The Morgan fingerprint density at radius 3 is 2.62 bits per heavy atom. The van der Waals surface area contributed by atoms with Crippen LogP contribution in [0.3, 0.4) is 0 Å². The number of benzene rings is 1. The lowest BCUT2D eigenvalue weighted by Crippen LogP contribution is -2.53. The van der Waals surface area contributed by atoms with Gasteiger partial charge in [0.25, 0.3) is 0 Å². The second-order valence-corrected chi connectivity index (χ2v) is 9.58. The molecule has 1 saturated heterocycles. The van der Waals surface area contributed by atoms with Crippen LogP contribution < -0.4 is 15.9 Å². The largest absolute Gasteiger partial charge is 0.497 e. The van der Waals surface area contributed by atoms with Gasteiger partial charge in [-0.1, -0.05) is 31.4 Å². The molecule has 1 aliphatic carbocycles. The molecule has 0 N–H and O–H groups in total. The molecule has 2 aromatic rings. The van der Waals surface area contributed by atoms with E-state index in [1.807, 2.05) is 12.1 Å². The van der Waals surface area contributed by atoms with Crippen molar-refractivity contribution in [1.82, 2.24) is 19.2 Å². The van der Waals surface area contributed by atoms with E-state index in [9.17, 15) is 9.59 Å². The third-order valence-electron chi connectivity index (χ3n) is 7.28. The van der Waals surface area contributed by atoms with Crippen molar-refractivity contribution in [2.45, 2.75) is 70.4 Å². The van der Waals surface area contributed by atoms with Crippen LogP contribution in [0.1, 0.15) is 49.9 Å². The highest BCUT2D eigenvalue weighted by molar-refractivity contribution is 5.27. The Labute approximate surface area is 187 Å². The fourth-order valence-electron chi connectivity index (χ4n) is 5.44. The van der Waals surface area contributed by atoms with E-state index in [1.165, 1.54) is 29.5 Å². The molecule has 5 rings (SSSR count). The summed E-state index contributed by atoms with van der Waals surface area (Å²) in [7, 11) is 1.67. The lowest BCUT2D eigenvalue weighted by Gasteiger charge is -2.35. The van der Waals surface area contributed by atoms with Gasteiger partial charge >= 0.3 is 11.1 Å². The van der Waals surface area contributed by atoms with E-state index in [1.54, 1.807) is 11.7 Å². The van der Waals surface area contributed by atoms with Crippen molar-refractivity contribution in [3.63, 3.8) is 0 Å². The zero-order chi connectivity index (χ0) is 22.1. The Morgan fingerprint density at radius 1 is 1.09 bits per heavy atom. The summed E-state index contributed by atoms with van der Waals surface area (Å²) in [5.74, 6) is 1.86. The summed E-state index contributed by atoms with van der Waals surface area (Å²) < 4.78 is 14.5.